The molecule has 1 aromatic carbocycles. The van der Waals surface area contributed by atoms with E-state index in [4.69, 9.17) is 5.73 Å². The molecular weight excluding hydrogens is 280 g/mol. The molecule has 88 valence electrons. The molecule has 0 atom stereocenters. The van der Waals surface area contributed by atoms with Crippen molar-refractivity contribution >= 4 is 27.7 Å². The Bertz CT molecular complexity index is 490. The maximum absolute atomic E-state index is 5.63. The van der Waals surface area contributed by atoms with Crippen LogP contribution in [0.3, 0.4) is 0 Å². The van der Waals surface area contributed by atoms with Gasteiger partial charge in [0.05, 0.1) is 0 Å². The quantitative estimate of drug-likeness (QED) is 0.854. The molecular formula is C12H13BrN4. The molecule has 4 nitrogen and oxygen atoms in total. The molecule has 1 heterocycles. The number of aromatic nitrogens is 2. The van der Waals surface area contributed by atoms with Crippen LogP contribution in [0.2, 0.25) is 0 Å². The van der Waals surface area contributed by atoms with Crippen molar-refractivity contribution in [1.29, 1.82) is 0 Å². The minimum Gasteiger partial charge on any atom is -0.383 e. The second kappa shape index (κ2) is 5.14. The van der Waals surface area contributed by atoms with Gasteiger partial charge in [0.15, 0.2) is 0 Å². The van der Waals surface area contributed by atoms with Gasteiger partial charge in [0, 0.05) is 12.6 Å². The Kier molecular flexibility index (Phi) is 3.58. The van der Waals surface area contributed by atoms with Gasteiger partial charge in [-0.1, -0.05) is 29.8 Å². The molecule has 0 fully saturated rings. The van der Waals surface area contributed by atoms with Gasteiger partial charge in [0.2, 0.25) is 5.95 Å². The van der Waals surface area contributed by atoms with E-state index in [1.165, 1.54) is 11.1 Å². The number of rotatable bonds is 3. The summed E-state index contributed by atoms with van der Waals surface area (Å²) < 4.78 is 0.677. The van der Waals surface area contributed by atoms with Crippen molar-refractivity contribution in [1.82, 2.24) is 9.97 Å². The standard InChI is InChI=1S/C12H13BrN4/c1-8-2-4-9(5-3-8)7-15-12-16-10(13)6-11(14)17-12/h2-6H,7H2,1H3,(H3,14,15,16,17). The molecule has 0 aliphatic rings. The number of benzene rings is 1. The summed E-state index contributed by atoms with van der Waals surface area (Å²) in [5.41, 5.74) is 8.05. The second-order valence-electron chi connectivity index (χ2n) is 3.78. The molecule has 5 heteroatoms. The molecule has 0 aliphatic heterocycles. The van der Waals surface area contributed by atoms with E-state index in [9.17, 15) is 0 Å². The highest BCUT2D eigenvalue weighted by Crippen LogP contribution is 2.13. The number of hydrogen-bond acceptors (Lipinski definition) is 4. The average molecular weight is 293 g/mol. The number of anilines is 2. The van der Waals surface area contributed by atoms with E-state index in [0.717, 1.165) is 0 Å². The molecule has 0 spiro atoms. The fourth-order valence-corrected chi connectivity index (χ4v) is 1.80. The minimum absolute atomic E-state index is 0.443. The summed E-state index contributed by atoms with van der Waals surface area (Å²) in [6, 6.07) is 9.96. The van der Waals surface area contributed by atoms with Crippen LogP contribution in [0.15, 0.2) is 34.9 Å². The first-order valence-electron chi connectivity index (χ1n) is 5.23. The molecule has 0 bridgehead atoms. The fourth-order valence-electron chi connectivity index (χ4n) is 1.40. The average Bonchev–Trinajstić information content (AvgIpc) is 2.27. The second-order valence-corrected chi connectivity index (χ2v) is 4.59. The van der Waals surface area contributed by atoms with E-state index in [-0.39, 0.29) is 0 Å². The van der Waals surface area contributed by atoms with Gasteiger partial charge in [-0.2, -0.15) is 4.98 Å². The van der Waals surface area contributed by atoms with Crippen LogP contribution < -0.4 is 11.1 Å². The lowest BCUT2D eigenvalue weighted by atomic mass is 10.1. The Morgan fingerprint density at radius 1 is 1.24 bits per heavy atom. The maximum Gasteiger partial charge on any atom is 0.225 e. The normalized spacial score (nSPS) is 10.2. The van der Waals surface area contributed by atoms with E-state index in [1.807, 2.05) is 0 Å². The summed E-state index contributed by atoms with van der Waals surface area (Å²) in [6.45, 7) is 2.74. The molecule has 0 amide bonds. The highest BCUT2D eigenvalue weighted by molar-refractivity contribution is 9.10. The Morgan fingerprint density at radius 2 is 1.94 bits per heavy atom. The van der Waals surface area contributed by atoms with Crippen molar-refractivity contribution in [2.24, 2.45) is 0 Å². The smallest absolute Gasteiger partial charge is 0.225 e. The Morgan fingerprint density at radius 3 is 2.59 bits per heavy atom. The van der Waals surface area contributed by atoms with Gasteiger partial charge in [0.1, 0.15) is 10.4 Å². The van der Waals surface area contributed by atoms with Gasteiger partial charge in [-0.25, -0.2) is 4.98 Å². The highest BCUT2D eigenvalue weighted by atomic mass is 79.9. The molecule has 0 saturated heterocycles. The lowest BCUT2D eigenvalue weighted by molar-refractivity contribution is 1.05. The first kappa shape index (κ1) is 11.9. The third-order valence-corrected chi connectivity index (χ3v) is 2.69. The van der Waals surface area contributed by atoms with E-state index >= 15 is 0 Å². The lowest BCUT2D eigenvalue weighted by Gasteiger charge is -2.06. The van der Waals surface area contributed by atoms with Gasteiger partial charge in [-0.15, -0.1) is 0 Å². The van der Waals surface area contributed by atoms with Crippen molar-refractivity contribution in [3.8, 4) is 0 Å². The van der Waals surface area contributed by atoms with Crippen LogP contribution in [0.1, 0.15) is 11.1 Å². The first-order valence-corrected chi connectivity index (χ1v) is 6.02. The number of nitrogens with one attached hydrogen (secondary N) is 1. The minimum atomic E-state index is 0.443. The number of nitrogen functional groups attached to an aromatic ring is 1. The number of nitrogens with two attached hydrogens (primary N) is 1. The van der Waals surface area contributed by atoms with Crippen molar-refractivity contribution in [3.63, 3.8) is 0 Å². The lowest BCUT2D eigenvalue weighted by Crippen LogP contribution is -2.05. The van der Waals surface area contributed by atoms with Gasteiger partial charge >= 0.3 is 0 Å². The van der Waals surface area contributed by atoms with E-state index in [0.29, 0.717) is 22.9 Å². The topological polar surface area (TPSA) is 63.8 Å². The summed E-state index contributed by atoms with van der Waals surface area (Å²) in [5, 5.41) is 3.13. The van der Waals surface area contributed by atoms with Crippen LogP contribution in [-0.2, 0) is 6.54 Å². The van der Waals surface area contributed by atoms with Gasteiger partial charge < -0.3 is 11.1 Å². The predicted molar refractivity (Wildman–Crippen MR) is 72.7 cm³/mol. The molecule has 2 aromatic rings. The molecule has 0 unspecified atom stereocenters. The molecule has 0 saturated carbocycles. The molecule has 0 aliphatic carbocycles. The molecule has 0 radical (unpaired) electrons. The third kappa shape index (κ3) is 3.42. The van der Waals surface area contributed by atoms with Crippen molar-refractivity contribution in [2.45, 2.75) is 13.5 Å². The Hall–Kier alpha value is -1.62. The van der Waals surface area contributed by atoms with Crippen LogP contribution in [-0.4, -0.2) is 9.97 Å². The summed E-state index contributed by atoms with van der Waals surface area (Å²) in [5.74, 6) is 0.968. The van der Waals surface area contributed by atoms with Crippen LogP contribution in [0, 0.1) is 6.92 Å². The van der Waals surface area contributed by atoms with Crippen molar-refractivity contribution in [2.75, 3.05) is 11.1 Å². The number of aryl methyl sites for hydroxylation is 1. The van der Waals surface area contributed by atoms with Gasteiger partial charge in [0.25, 0.3) is 0 Å². The Balaban J connectivity index is 2.04. The van der Waals surface area contributed by atoms with E-state index < -0.39 is 0 Å². The van der Waals surface area contributed by atoms with E-state index in [1.54, 1.807) is 6.07 Å². The van der Waals surface area contributed by atoms with Crippen LogP contribution in [0.4, 0.5) is 11.8 Å². The van der Waals surface area contributed by atoms with Gasteiger partial charge in [-0.05, 0) is 28.4 Å². The molecule has 1 aromatic heterocycles. The largest absolute Gasteiger partial charge is 0.383 e. The summed E-state index contributed by atoms with van der Waals surface area (Å²) >= 11 is 3.28. The highest BCUT2D eigenvalue weighted by Gasteiger charge is 2.00. The van der Waals surface area contributed by atoms with Crippen molar-refractivity contribution in [3.05, 3.63) is 46.1 Å². The molecule has 2 rings (SSSR count). The third-order valence-electron chi connectivity index (χ3n) is 2.29. The summed E-state index contributed by atoms with van der Waals surface area (Å²) in [4.78, 5) is 8.27. The van der Waals surface area contributed by atoms with Crippen molar-refractivity contribution < 1.29 is 0 Å². The van der Waals surface area contributed by atoms with E-state index in [2.05, 4.69) is 62.4 Å². The zero-order valence-electron chi connectivity index (χ0n) is 9.44. The summed E-state index contributed by atoms with van der Waals surface area (Å²) in [7, 11) is 0. The van der Waals surface area contributed by atoms with Crippen LogP contribution >= 0.6 is 15.9 Å². The molecule has 17 heavy (non-hydrogen) atoms. The molecule has 3 N–H and O–H groups in total. The van der Waals surface area contributed by atoms with Crippen LogP contribution in [0.25, 0.3) is 0 Å². The zero-order valence-corrected chi connectivity index (χ0v) is 11.0. The monoisotopic (exact) mass is 292 g/mol. The number of hydrogen-bond donors (Lipinski definition) is 2. The first-order chi connectivity index (χ1) is 8.13. The number of nitrogens with zero attached hydrogens (tertiary/aromatic N) is 2. The maximum atomic E-state index is 5.63. The fraction of sp³-hybridized carbons (Fsp3) is 0.167. The summed E-state index contributed by atoms with van der Waals surface area (Å²) in [6.07, 6.45) is 0. The zero-order chi connectivity index (χ0) is 12.3. The van der Waals surface area contributed by atoms with Crippen LogP contribution in [0.5, 0.6) is 0 Å². The SMILES string of the molecule is Cc1ccc(CNc2nc(N)cc(Br)n2)cc1. The number of halogens is 1. The predicted octanol–water partition coefficient (Wildman–Crippen LogP) is 2.74. The van der Waals surface area contributed by atoms with Gasteiger partial charge in [-0.3, -0.25) is 0 Å². The Labute approximate surface area is 108 Å².